The molecule has 0 saturated carbocycles. The van der Waals surface area contributed by atoms with Crippen LogP contribution in [0.15, 0.2) is 28.1 Å². The Bertz CT molecular complexity index is 510. The van der Waals surface area contributed by atoms with Crippen LogP contribution in [0.4, 0.5) is 11.5 Å². The first-order valence-corrected chi connectivity index (χ1v) is 6.97. The second-order valence-corrected chi connectivity index (χ2v) is 6.32. The van der Waals surface area contributed by atoms with Gasteiger partial charge in [-0.3, -0.25) is 0 Å². The van der Waals surface area contributed by atoms with Crippen molar-refractivity contribution in [3.05, 3.63) is 38.6 Å². The Morgan fingerprint density at radius 3 is 2.88 bits per heavy atom. The van der Waals surface area contributed by atoms with Gasteiger partial charge in [0.15, 0.2) is 0 Å². The molecule has 0 bridgehead atoms. The number of nitrogens with zero attached hydrogens (tertiary/aromatic N) is 1. The highest BCUT2D eigenvalue weighted by Gasteiger charge is 2.01. The minimum absolute atomic E-state index is 0.697. The maximum Gasteiger partial charge on any atom is 0.149 e. The van der Waals surface area contributed by atoms with Gasteiger partial charge in [-0.2, -0.15) is 0 Å². The number of hydrogen-bond donors (Lipinski definition) is 2. The molecular formula is C12H14BrN3S. The fourth-order valence-electron chi connectivity index (χ4n) is 1.50. The van der Waals surface area contributed by atoms with E-state index in [9.17, 15) is 0 Å². The van der Waals surface area contributed by atoms with Gasteiger partial charge in [-0.05, 0) is 53.5 Å². The van der Waals surface area contributed by atoms with E-state index in [1.807, 2.05) is 19.1 Å². The molecule has 2 aromatic rings. The summed E-state index contributed by atoms with van der Waals surface area (Å²) in [6.07, 6.45) is 0.978. The molecule has 0 radical (unpaired) electrons. The smallest absolute Gasteiger partial charge is 0.149 e. The minimum atomic E-state index is 0.697. The first kappa shape index (κ1) is 12.4. The largest absolute Gasteiger partial charge is 0.396 e. The molecule has 5 heteroatoms. The monoisotopic (exact) mass is 311 g/mol. The molecule has 0 spiro atoms. The maximum absolute atomic E-state index is 5.84. The Kier molecular flexibility index (Phi) is 4.02. The van der Waals surface area contributed by atoms with Crippen LogP contribution in [-0.4, -0.2) is 11.5 Å². The zero-order chi connectivity index (χ0) is 12.3. The van der Waals surface area contributed by atoms with Crippen LogP contribution < -0.4 is 11.1 Å². The summed E-state index contributed by atoms with van der Waals surface area (Å²) in [5, 5.41) is 3.27. The van der Waals surface area contributed by atoms with E-state index in [4.69, 9.17) is 5.73 Å². The molecule has 3 nitrogen and oxygen atoms in total. The lowest BCUT2D eigenvalue weighted by Gasteiger charge is -2.08. The third-order valence-electron chi connectivity index (χ3n) is 2.36. The van der Waals surface area contributed by atoms with E-state index in [1.165, 1.54) is 8.66 Å². The molecule has 0 atom stereocenters. The summed E-state index contributed by atoms with van der Waals surface area (Å²) in [5.74, 6) is 0.778. The summed E-state index contributed by atoms with van der Waals surface area (Å²) >= 11 is 5.21. The molecule has 2 rings (SSSR count). The lowest BCUT2D eigenvalue weighted by Crippen LogP contribution is -2.08. The van der Waals surface area contributed by atoms with Gasteiger partial charge >= 0.3 is 0 Å². The standard InChI is InChI=1S/C12H14BrN3S/c1-8-2-4-10(14)12(16-8)15-7-6-9-3-5-11(13)17-9/h2-5H,6-7,14H2,1H3,(H,15,16). The van der Waals surface area contributed by atoms with Gasteiger partial charge in [0.1, 0.15) is 5.82 Å². The Morgan fingerprint density at radius 2 is 2.18 bits per heavy atom. The van der Waals surface area contributed by atoms with Gasteiger partial charge in [0.2, 0.25) is 0 Å². The zero-order valence-corrected chi connectivity index (χ0v) is 11.9. The van der Waals surface area contributed by atoms with Crippen LogP contribution in [0.3, 0.4) is 0 Å². The van der Waals surface area contributed by atoms with Crippen LogP contribution in [-0.2, 0) is 6.42 Å². The summed E-state index contributed by atoms with van der Waals surface area (Å²) in [6, 6.07) is 7.99. The van der Waals surface area contributed by atoms with Crippen molar-refractivity contribution >= 4 is 38.8 Å². The van der Waals surface area contributed by atoms with Crippen LogP contribution in [0.2, 0.25) is 0 Å². The number of nitrogen functional groups attached to an aromatic ring is 1. The number of rotatable bonds is 4. The number of aryl methyl sites for hydroxylation is 1. The number of nitrogens with two attached hydrogens (primary N) is 1. The number of pyridine rings is 1. The minimum Gasteiger partial charge on any atom is -0.396 e. The van der Waals surface area contributed by atoms with Crippen LogP contribution in [0, 0.1) is 6.92 Å². The van der Waals surface area contributed by atoms with E-state index >= 15 is 0 Å². The van der Waals surface area contributed by atoms with Crippen molar-refractivity contribution in [1.29, 1.82) is 0 Å². The molecule has 0 saturated heterocycles. The van der Waals surface area contributed by atoms with Crippen molar-refractivity contribution in [1.82, 2.24) is 4.98 Å². The second kappa shape index (κ2) is 5.51. The average Bonchev–Trinajstić information content (AvgIpc) is 2.69. The van der Waals surface area contributed by atoms with Crippen LogP contribution >= 0.6 is 27.3 Å². The first-order valence-electron chi connectivity index (χ1n) is 5.36. The molecule has 0 aromatic carbocycles. The van der Waals surface area contributed by atoms with Gasteiger partial charge in [-0.15, -0.1) is 11.3 Å². The lowest BCUT2D eigenvalue weighted by molar-refractivity contribution is 1.02. The molecule has 0 fully saturated rings. The third-order valence-corrected chi connectivity index (χ3v) is 4.04. The summed E-state index contributed by atoms with van der Waals surface area (Å²) in [7, 11) is 0. The molecule has 3 N–H and O–H groups in total. The van der Waals surface area contributed by atoms with Crippen molar-refractivity contribution in [2.45, 2.75) is 13.3 Å². The van der Waals surface area contributed by atoms with E-state index < -0.39 is 0 Å². The maximum atomic E-state index is 5.84. The SMILES string of the molecule is Cc1ccc(N)c(NCCc2ccc(Br)s2)n1. The molecule has 0 aliphatic carbocycles. The summed E-state index contributed by atoms with van der Waals surface area (Å²) in [5.41, 5.74) is 7.51. The van der Waals surface area contributed by atoms with Crippen molar-refractivity contribution in [2.75, 3.05) is 17.6 Å². The Morgan fingerprint density at radius 1 is 1.35 bits per heavy atom. The van der Waals surface area contributed by atoms with E-state index in [1.54, 1.807) is 11.3 Å². The van der Waals surface area contributed by atoms with Crippen LogP contribution in [0.25, 0.3) is 0 Å². The summed E-state index contributed by atoms with van der Waals surface area (Å²) < 4.78 is 1.17. The number of hydrogen-bond acceptors (Lipinski definition) is 4. The molecule has 0 unspecified atom stereocenters. The molecule has 0 aliphatic heterocycles. The number of anilines is 2. The van der Waals surface area contributed by atoms with Crippen molar-refractivity contribution in [3.63, 3.8) is 0 Å². The first-order chi connectivity index (χ1) is 8.15. The average molecular weight is 312 g/mol. The highest BCUT2D eigenvalue weighted by Crippen LogP contribution is 2.22. The highest BCUT2D eigenvalue weighted by atomic mass is 79.9. The molecule has 0 amide bonds. The fourth-order valence-corrected chi connectivity index (χ4v) is 2.98. The summed E-state index contributed by atoms with van der Waals surface area (Å²) in [6.45, 7) is 2.80. The normalized spacial score (nSPS) is 10.5. The van der Waals surface area contributed by atoms with Gasteiger partial charge in [-0.1, -0.05) is 0 Å². The van der Waals surface area contributed by atoms with Crippen LogP contribution in [0.1, 0.15) is 10.6 Å². The molecular weight excluding hydrogens is 298 g/mol. The quantitative estimate of drug-likeness (QED) is 0.909. The fraction of sp³-hybridized carbons (Fsp3) is 0.250. The van der Waals surface area contributed by atoms with Crippen molar-refractivity contribution in [3.8, 4) is 0 Å². The number of nitrogens with one attached hydrogen (secondary N) is 1. The number of aromatic nitrogens is 1. The van der Waals surface area contributed by atoms with E-state index in [0.29, 0.717) is 5.69 Å². The molecule has 2 aromatic heterocycles. The van der Waals surface area contributed by atoms with Gasteiger partial charge in [0.25, 0.3) is 0 Å². The third kappa shape index (κ3) is 3.44. The highest BCUT2D eigenvalue weighted by molar-refractivity contribution is 9.11. The van der Waals surface area contributed by atoms with Crippen molar-refractivity contribution in [2.24, 2.45) is 0 Å². The lowest BCUT2D eigenvalue weighted by atomic mass is 10.3. The molecule has 90 valence electrons. The van der Waals surface area contributed by atoms with E-state index in [0.717, 1.165) is 24.5 Å². The van der Waals surface area contributed by atoms with Gasteiger partial charge in [0.05, 0.1) is 9.47 Å². The molecule has 2 heterocycles. The van der Waals surface area contributed by atoms with Gasteiger partial charge in [-0.25, -0.2) is 4.98 Å². The van der Waals surface area contributed by atoms with Crippen molar-refractivity contribution < 1.29 is 0 Å². The van der Waals surface area contributed by atoms with Gasteiger partial charge < -0.3 is 11.1 Å². The Balaban J connectivity index is 1.91. The number of thiophene rings is 1. The Hall–Kier alpha value is -1.07. The van der Waals surface area contributed by atoms with E-state index in [-0.39, 0.29) is 0 Å². The second-order valence-electron chi connectivity index (χ2n) is 3.77. The Labute approximate surface area is 113 Å². The molecule has 0 aliphatic rings. The number of halogens is 1. The van der Waals surface area contributed by atoms with Gasteiger partial charge in [0, 0.05) is 17.1 Å². The van der Waals surface area contributed by atoms with Crippen LogP contribution in [0.5, 0.6) is 0 Å². The predicted molar refractivity (Wildman–Crippen MR) is 77.6 cm³/mol. The zero-order valence-electron chi connectivity index (χ0n) is 9.53. The summed E-state index contributed by atoms with van der Waals surface area (Å²) in [4.78, 5) is 5.71. The van der Waals surface area contributed by atoms with E-state index in [2.05, 4.69) is 38.4 Å². The molecule has 17 heavy (non-hydrogen) atoms. The predicted octanol–water partition coefficient (Wildman–Crippen LogP) is 3.45. The topological polar surface area (TPSA) is 50.9 Å².